The summed E-state index contributed by atoms with van der Waals surface area (Å²) >= 11 is 0. The van der Waals surface area contributed by atoms with Crippen molar-refractivity contribution in [1.82, 2.24) is 0 Å². The zero-order valence-corrected chi connectivity index (χ0v) is 16.7. The molecule has 0 aromatic heterocycles. The summed E-state index contributed by atoms with van der Waals surface area (Å²) in [5.41, 5.74) is 2.62. The average molecular weight is 420 g/mol. The zero-order chi connectivity index (χ0) is 13.6. The normalized spacial score (nSPS) is 10.8. The van der Waals surface area contributed by atoms with Crippen molar-refractivity contribution in [2.75, 3.05) is 0 Å². The van der Waals surface area contributed by atoms with Gasteiger partial charge in [-0.25, -0.2) is 12.2 Å². The molecule has 23 heavy (non-hydrogen) atoms. The van der Waals surface area contributed by atoms with E-state index in [1.165, 1.54) is 21.9 Å². The third-order valence-electron chi connectivity index (χ3n) is 3.35. The largest absolute Gasteiger partial charge is 2.00 e. The van der Waals surface area contributed by atoms with Crippen LogP contribution in [-0.4, -0.2) is 0 Å². The molecule has 0 radical (unpaired) electrons. The molecule has 0 N–H and O–H groups in total. The van der Waals surface area contributed by atoms with Crippen molar-refractivity contribution in [1.29, 1.82) is 0 Å². The third-order valence-corrected chi connectivity index (χ3v) is 3.35. The molecule has 0 aliphatic heterocycles. The van der Waals surface area contributed by atoms with Crippen molar-refractivity contribution < 1.29 is 26.2 Å². The summed E-state index contributed by atoms with van der Waals surface area (Å²) in [6, 6.07) is 23.4. The molecule has 1 aliphatic carbocycles. The fourth-order valence-electron chi connectivity index (χ4n) is 2.36. The number of benzene rings is 2. The molecule has 116 valence electrons. The smallest absolute Gasteiger partial charge is 0.273 e. The number of hydrogen-bond donors (Lipinski definition) is 0. The zero-order valence-electron chi connectivity index (χ0n) is 12.6. The molecule has 0 atom stereocenters. The van der Waals surface area contributed by atoms with Crippen LogP contribution in [0.3, 0.4) is 0 Å². The fourth-order valence-corrected chi connectivity index (χ4v) is 2.36. The Morgan fingerprint density at radius 1 is 0.826 bits per heavy atom. The van der Waals surface area contributed by atoms with Crippen LogP contribution in [0, 0.1) is 6.08 Å². The molecule has 3 heteroatoms. The Kier molecular flexibility index (Phi) is 11.0. The number of fused-ring (bicyclic) bond motifs is 1. The summed E-state index contributed by atoms with van der Waals surface area (Å²) in [4.78, 5) is 0. The van der Waals surface area contributed by atoms with Gasteiger partial charge in [-0.3, -0.25) is 6.08 Å². The predicted octanol–water partition coefficient (Wildman–Crippen LogP) is 6.37. The van der Waals surface area contributed by atoms with E-state index in [1.807, 2.05) is 12.2 Å². The number of rotatable bonds is 1. The van der Waals surface area contributed by atoms with E-state index in [0.29, 0.717) is 0 Å². The summed E-state index contributed by atoms with van der Waals surface area (Å²) in [6.07, 6.45) is 10.0. The van der Waals surface area contributed by atoms with Crippen LogP contribution < -0.4 is 0 Å². The summed E-state index contributed by atoms with van der Waals surface area (Å²) < 4.78 is 0. The summed E-state index contributed by atoms with van der Waals surface area (Å²) in [6.45, 7) is 0. The van der Waals surface area contributed by atoms with Crippen LogP contribution in [0.1, 0.15) is 6.42 Å². The van der Waals surface area contributed by atoms with Gasteiger partial charge >= 0.3 is 26.2 Å². The molecular weight excluding hydrogens is 402 g/mol. The standard InChI is InChI=1S/C15H11.C5H5.2ClH.Zr/c1-2-6-12(7-3-1)15-11-10-13-8-4-5-9-14(13)15;1-2-4-5-3-1;;;/h1-11H;1-3H,4H2;2*1H;/q2*-1;;;+2. The predicted molar refractivity (Wildman–Crippen MR) is 101 cm³/mol. The number of halogens is 2. The summed E-state index contributed by atoms with van der Waals surface area (Å²) in [7, 11) is 0. The maximum atomic E-state index is 2.99. The second-order valence-electron chi connectivity index (χ2n) is 4.70. The van der Waals surface area contributed by atoms with Crippen LogP contribution in [0.5, 0.6) is 0 Å². The fraction of sp³-hybridized carbons (Fsp3) is 0.0500. The first kappa shape index (κ1) is 22.0. The van der Waals surface area contributed by atoms with Gasteiger partial charge in [0.15, 0.2) is 0 Å². The van der Waals surface area contributed by atoms with E-state index in [2.05, 4.69) is 78.9 Å². The first-order chi connectivity index (χ1) is 9.95. The van der Waals surface area contributed by atoms with E-state index in [-0.39, 0.29) is 51.0 Å². The third kappa shape index (κ3) is 5.85. The van der Waals surface area contributed by atoms with Crippen LogP contribution in [0.2, 0.25) is 0 Å². The molecule has 0 fully saturated rings. The van der Waals surface area contributed by atoms with Gasteiger partial charge in [0, 0.05) is 0 Å². The van der Waals surface area contributed by atoms with Gasteiger partial charge in [0.2, 0.25) is 0 Å². The Bertz CT molecular complexity index is 732. The Balaban J connectivity index is 0.000000529. The topological polar surface area (TPSA) is 0 Å². The SMILES string of the molecule is Cl.Cl.[C-]1=CC=CC1.[Zr+2].c1ccc(-[c-]2ccc3ccccc32)cc1. The van der Waals surface area contributed by atoms with Crippen molar-refractivity contribution in [3.63, 3.8) is 0 Å². The number of allylic oxidation sites excluding steroid dienone is 4. The van der Waals surface area contributed by atoms with E-state index >= 15 is 0 Å². The molecule has 3 aromatic carbocycles. The van der Waals surface area contributed by atoms with Crippen LogP contribution in [-0.2, 0) is 26.2 Å². The van der Waals surface area contributed by atoms with Gasteiger partial charge in [0.25, 0.3) is 0 Å². The Morgan fingerprint density at radius 2 is 1.52 bits per heavy atom. The molecule has 4 rings (SSSR count). The van der Waals surface area contributed by atoms with Crippen molar-refractivity contribution in [3.8, 4) is 11.1 Å². The van der Waals surface area contributed by atoms with Crippen LogP contribution in [0.4, 0.5) is 0 Å². The molecule has 0 unspecified atom stereocenters. The second-order valence-corrected chi connectivity index (χ2v) is 4.70. The van der Waals surface area contributed by atoms with E-state index in [4.69, 9.17) is 0 Å². The summed E-state index contributed by atoms with van der Waals surface area (Å²) in [5.74, 6) is 0. The van der Waals surface area contributed by atoms with Crippen molar-refractivity contribution in [2.24, 2.45) is 0 Å². The first-order valence-corrected chi connectivity index (χ1v) is 6.87. The molecule has 0 spiro atoms. The van der Waals surface area contributed by atoms with Gasteiger partial charge in [-0.05, 0) is 0 Å². The Labute approximate surface area is 169 Å². The van der Waals surface area contributed by atoms with E-state index < -0.39 is 0 Å². The maximum Gasteiger partial charge on any atom is 2.00 e. The van der Waals surface area contributed by atoms with Crippen LogP contribution in [0.15, 0.2) is 85.0 Å². The molecule has 0 saturated heterocycles. The monoisotopic (exact) mass is 418 g/mol. The van der Waals surface area contributed by atoms with Gasteiger partial charge in [-0.1, -0.05) is 52.7 Å². The molecule has 0 nitrogen and oxygen atoms in total. The Hall–Kier alpha value is -1.01. The molecule has 1 aliphatic rings. The summed E-state index contributed by atoms with van der Waals surface area (Å²) in [5, 5.41) is 2.65. The van der Waals surface area contributed by atoms with E-state index in [0.717, 1.165) is 6.42 Å². The van der Waals surface area contributed by atoms with E-state index in [1.54, 1.807) is 0 Å². The second kappa shape index (κ2) is 11.5. The van der Waals surface area contributed by atoms with Crippen molar-refractivity contribution >= 4 is 35.6 Å². The van der Waals surface area contributed by atoms with Crippen molar-refractivity contribution in [3.05, 3.63) is 91.0 Å². The number of hydrogen-bond acceptors (Lipinski definition) is 0. The van der Waals surface area contributed by atoms with Crippen LogP contribution >= 0.6 is 24.8 Å². The van der Waals surface area contributed by atoms with Crippen LogP contribution in [0.25, 0.3) is 21.9 Å². The molecule has 0 saturated carbocycles. The first-order valence-electron chi connectivity index (χ1n) is 6.87. The quantitative estimate of drug-likeness (QED) is 0.401. The molecule has 0 heterocycles. The van der Waals surface area contributed by atoms with Gasteiger partial charge in [0.1, 0.15) is 0 Å². The maximum absolute atomic E-state index is 2.99. The minimum atomic E-state index is 0. The molecule has 0 bridgehead atoms. The minimum Gasteiger partial charge on any atom is -0.273 e. The van der Waals surface area contributed by atoms with E-state index in [9.17, 15) is 0 Å². The van der Waals surface area contributed by atoms with Crippen molar-refractivity contribution in [2.45, 2.75) is 6.42 Å². The minimum absolute atomic E-state index is 0. The van der Waals surface area contributed by atoms with Gasteiger partial charge in [-0.15, -0.1) is 67.1 Å². The average Bonchev–Trinajstić information content (AvgIpc) is 3.21. The molecule has 3 aromatic rings. The Morgan fingerprint density at radius 3 is 2.13 bits per heavy atom. The van der Waals surface area contributed by atoms with Gasteiger partial charge in [-0.2, -0.15) is 6.08 Å². The van der Waals surface area contributed by atoms with Gasteiger partial charge in [0.05, 0.1) is 0 Å². The molecular formula is C20H18Cl2Zr. The molecule has 0 amide bonds. The van der Waals surface area contributed by atoms with Gasteiger partial charge < -0.3 is 0 Å².